The predicted molar refractivity (Wildman–Crippen MR) is 65.4 cm³/mol. The summed E-state index contributed by atoms with van der Waals surface area (Å²) in [6.45, 7) is 5.93. The zero-order chi connectivity index (χ0) is 12.9. The van der Waals surface area contributed by atoms with Crippen LogP contribution in [0.5, 0.6) is 0 Å². The Morgan fingerprint density at radius 3 is 2.24 bits per heavy atom. The number of carbonyl (C=O) groups is 1. The van der Waals surface area contributed by atoms with Crippen molar-refractivity contribution >= 4 is 6.09 Å². The van der Waals surface area contributed by atoms with Crippen LogP contribution in [0.2, 0.25) is 0 Å². The van der Waals surface area contributed by atoms with E-state index >= 15 is 0 Å². The number of nitrogens with one attached hydrogen (secondary N) is 1. The van der Waals surface area contributed by atoms with E-state index in [1.807, 2.05) is 32.9 Å². The minimum Gasteiger partial charge on any atom is -0.445 e. The summed E-state index contributed by atoms with van der Waals surface area (Å²) < 4.78 is 5.07. The highest BCUT2D eigenvalue weighted by atomic mass is 16.5. The van der Waals surface area contributed by atoms with Gasteiger partial charge >= 0.3 is 6.09 Å². The van der Waals surface area contributed by atoms with Crippen LogP contribution in [0, 0.1) is 0 Å². The predicted octanol–water partition coefficient (Wildman–Crippen LogP) is 2.20. The molecule has 0 aromatic heterocycles. The van der Waals surface area contributed by atoms with Crippen LogP contribution < -0.4 is 5.32 Å². The molecule has 1 aromatic rings. The number of amides is 1. The first kappa shape index (κ1) is 13.5. The van der Waals surface area contributed by atoms with Gasteiger partial charge in [-0.05, 0) is 31.9 Å². The number of ether oxygens (including phenoxy) is 1. The molecule has 94 valence electrons. The van der Waals surface area contributed by atoms with Gasteiger partial charge in [0.25, 0.3) is 0 Å². The number of aliphatic hydroxyl groups excluding tert-OH is 1. The van der Waals surface area contributed by atoms with Crippen LogP contribution >= 0.6 is 0 Å². The standard InChI is InChI=1S/C13H19NO3/c1-13(2,3)14-12(16)17-9-11-6-4-10(8-15)5-7-11/h4-7,15H,8-9H2,1-3H3,(H,14,16). The normalized spacial score (nSPS) is 11.1. The van der Waals surface area contributed by atoms with Crippen molar-refractivity contribution < 1.29 is 14.6 Å². The molecule has 0 aliphatic carbocycles. The summed E-state index contributed by atoms with van der Waals surface area (Å²) in [5.41, 5.74) is 1.44. The number of benzene rings is 1. The molecule has 17 heavy (non-hydrogen) atoms. The molecule has 0 spiro atoms. The Morgan fingerprint density at radius 2 is 1.76 bits per heavy atom. The van der Waals surface area contributed by atoms with Gasteiger partial charge in [0.05, 0.1) is 6.61 Å². The Balaban J connectivity index is 2.42. The van der Waals surface area contributed by atoms with Crippen molar-refractivity contribution in [1.29, 1.82) is 0 Å². The van der Waals surface area contributed by atoms with Gasteiger partial charge < -0.3 is 15.2 Å². The number of carbonyl (C=O) groups excluding carboxylic acids is 1. The van der Waals surface area contributed by atoms with Crippen LogP contribution in [0.1, 0.15) is 31.9 Å². The molecule has 0 atom stereocenters. The van der Waals surface area contributed by atoms with Gasteiger partial charge in [-0.15, -0.1) is 0 Å². The smallest absolute Gasteiger partial charge is 0.407 e. The SMILES string of the molecule is CC(C)(C)NC(=O)OCc1ccc(CO)cc1. The van der Waals surface area contributed by atoms with Gasteiger partial charge in [0.15, 0.2) is 0 Å². The minimum absolute atomic E-state index is 0.0195. The summed E-state index contributed by atoms with van der Waals surface area (Å²) in [5, 5.41) is 11.6. The highest BCUT2D eigenvalue weighted by Gasteiger charge is 2.14. The summed E-state index contributed by atoms with van der Waals surface area (Å²) >= 11 is 0. The van der Waals surface area contributed by atoms with Gasteiger partial charge in [0, 0.05) is 5.54 Å². The first-order valence-corrected chi connectivity index (χ1v) is 5.54. The second-order valence-corrected chi connectivity index (χ2v) is 4.93. The molecule has 0 saturated carbocycles. The fourth-order valence-electron chi connectivity index (χ4n) is 1.23. The number of hydrogen-bond acceptors (Lipinski definition) is 3. The van der Waals surface area contributed by atoms with Crippen LogP contribution in [-0.2, 0) is 18.0 Å². The second-order valence-electron chi connectivity index (χ2n) is 4.93. The van der Waals surface area contributed by atoms with E-state index in [2.05, 4.69) is 5.32 Å². The van der Waals surface area contributed by atoms with Crippen molar-refractivity contribution in [2.75, 3.05) is 0 Å². The zero-order valence-electron chi connectivity index (χ0n) is 10.5. The molecule has 1 aromatic carbocycles. The summed E-state index contributed by atoms with van der Waals surface area (Å²) in [4.78, 5) is 11.4. The molecule has 0 saturated heterocycles. The van der Waals surface area contributed by atoms with Crippen LogP contribution in [-0.4, -0.2) is 16.7 Å². The van der Waals surface area contributed by atoms with E-state index in [0.717, 1.165) is 11.1 Å². The highest BCUT2D eigenvalue weighted by Crippen LogP contribution is 2.06. The topological polar surface area (TPSA) is 58.6 Å². The third kappa shape index (κ3) is 5.36. The van der Waals surface area contributed by atoms with Crippen molar-refractivity contribution in [2.45, 2.75) is 39.5 Å². The molecule has 2 N–H and O–H groups in total. The van der Waals surface area contributed by atoms with E-state index in [9.17, 15) is 4.79 Å². The van der Waals surface area contributed by atoms with Crippen LogP contribution in [0.3, 0.4) is 0 Å². The second kappa shape index (κ2) is 5.68. The fraction of sp³-hybridized carbons (Fsp3) is 0.462. The van der Waals surface area contributed by atoms with E-state index < -0.39 is 6.09 Å². The molecule has 0 unspecified atom stereocenters. The summed E-state index contributed by atoms with van der Waals surface area (Å²) in [6.07, 6.45) is -0.427. The quantitative estimate of drug-likeness (QED) is 0.847. The van der Waals surface area contributed by atoms with Crippen molar-refractivity contribution in [2.24, 2.45) is 0 Å². The molecule has 0 radical (unpaired) electrons. The van der Waals surface area contributed by atoms with Crippen LogP contribution in [0.15, 0.2) is 24.3 Å². The number of hydrogen-bond donors (Lipinski definition) is 2. The Kier molecular flexibility index (Phi) is 4.52. The lowest BCUT2D eigenvalue weighted by molar-refractivity contribution is 0.131. The minimum atomic E-state index is -0.427. The van der Waals surface area contributed by atoms with Crippen LogP contribution in [0.4, 0.5) is 4.79 Å². The molecule has 4 nitrogen and oxygen atoms in total. The maximum atomic E-state index is 11.4. The Morgan fingerprint density at radius 1 is 1.24 bits per heavy atom. The third-order valence-corrected chi connectivity index (χ3v) is 2.05. The Hall–Kier alpha value is -1.55. The van der Waals surface area contributed by atoms with Gasteiger partial charge in [-0.1, -0.05) is 24.3 Å². The van der Waals surface area contributed by atoms with E-state index in [1.54, 1.807) is 12.1 Å². The first-order valence-electron chi connectivity index (χ1n) is 5.54. The molecule has 0 aliphatic heterocycles. The molecule has 0 bridgehead atoms. The number of alkyl carbamates (subject to hydrolysis) is 1. The van der Waals surface area contributed by atoms with Gasteiger partial charge in [-0.2, -0.15) is 0 Å². The molecular formula is C13H19NO3. The van der Waals surface area contributed by atoms with E-state index in [1.165, 1.54) is 0 Å². The molecule has 0 heterocycles. The van der Waals surface area contributed by atoms with Crippen molar-refractivity contribution in [3.05, 3.63) is 35.4 Å². The number of rotatable bonds is 3. The molecule has 1 amide bonds. The summed E-state index contributed by atoms with van der Waals surface area (Å²) in [5.74, 6) is 0. The monoisotopic (exact) mass is 237 g/mol. The lowest BCUT2D eigenvalue weighted by Crippen LogP contribution is -2.40. The molecule has 0 fully saturated rings. The Labute approximate surface area is 102 Å². The third-order valence-electron chi connectivity index (χ3n) is 2.05. The molecule has 0 aliphatic rings. The summed E-state index contributed by atoms with van der Waals surface area (Å²) in [6, 6.07) is 7.27. The van der Waals surface area contributed by atoms with Crippen molar-refractivity contribution in [1.82, 2.24) is 5.32 Å². The lowest BCUT2D eigenvalue weighted by Gasteiger charge is -2.19. The van der Waals surface area contributed by atoms with Crippen LogP contribution in [0.25, 0.3) is 0 Å². The molecular weight excluding hydrogens is 218 g/mol. The fourth-order valence-corrected chi connectivity index (χ4v) is 1.23. The molecule has 1 rings (SSSR count). The van der Waals surface area contributed by atoms with Gasteiger partial charge in [-0.3, -0.25) is 0 Å². The van der Waals surface area contributed by atoms with Gasteiger partial charge in [-0.25, -0.2) is 4.79 Å². The largest absolute Gasteiger partial charge is 0.445 e. The van der Waals surface area contributed by atoms with Gasteiger partial charge in [0.1, 0.15) is 6.61 Å². The maximum absolute atomic E-state index is 11.4. The summed E-state index contributed by atoms with van der Waals surface area (Å²) in [7, 11) is 0. The van der Waals surface area contributed by atoms with Crippen molar-refractivity contribution in [3.8, 4) is 0 Å². The number of aliphatic hydroxyl groups is 1. The average Bonchev–Trinajstić information content (AvgIpc) is 2.25. The van der Waals surface area contributed by atoms with E-state index in [0.29, 0.717) is 0 Å². The first-order chi connectivity index (χ1) is 7.90. The van der Waals surface area contributed by atoms with Crippen molar-refractivity contribution in [3.63, 3.8) is 0 Å². The molecule has 4 heteroatoms. The highest BCUT2D eigenvalue weighted by molar-refractivity contribution is 5.68. The maximum Gasteiger partial charge on any atom is 0.407 e. The Bertz CT molecular complexity index is 365. The van der Waals surface area contributed by atoms with E-state index in [4.69, 9.17) is 9.84 Å². The average molecular weight is 237 g/mol. The zero-order valence-corrected chi connectivity index (χ0v) is 10.5. The lowest BCUT2D eigenvalue weighted by atomic mass is 10.1. The van der Waals surface area contributed by atoms with E-state index in [-0.39, 0.29) is 18.8 Å². The van der Waals surface area contributed by atoms with Gasteiger partial charge in [0.2, 0.25) is 0 Å².